The average Bonchev–Trinajstić information content (AvgIpc) is 2.69. The van der Waals surface area contributed by atoms with Gasteiger partial charge >= 0.3 is 0 Å². The minimum absolute atomic E-state index is 0.000706. The number of allylic oxidation sites excluding steroid dienone is 4. The van der Waals surface area contributed by atoms with E-state index < -0.39 is 0 Å². The number of ether oxygens (including phenoxy) is 1. The maximum Gasteiger partial charge on any atom is 0.0962 e. The highest BCUT2D eigenvalue weighted by atomic mass is 16.5. The van der Waals surface area contributed by atoms with Crippen LogP contribution in [0.3, 0.4) is 0 Å². The molecule has 0 aromatic heterocycles. The zero-order valence-electron chi connectivity index (χ0n) is 15.9. The summed E-state index contributed by atoms with van der Waals surface area (Å²) in [7, 11) is 0. The molecule has 0 fully saturated rings. The Balaban J connectivity index is 1.80. The van der Waals surface area contributed by atoms with Crippen molar-refractivity contribution in [3.63, 3.8) is 0 Å². The van der Waals surface area contributed by atoms with Gasteiger partial charge in [0.15, 0.2) is 0 Å². The molecule has 0 saturated heterocycles. The first kappa shape index (κ1) is 17.6. The zero-order valence-corrected chi connectivity index (χ0v) is 15.9. The summed E-state index contributed by atoms with van der Waals surface area (Å²) in [6.45, 7) is 2.77. The molecule has 0 radical (unpaired) electrons. The summed E-state index contributed by atoms with van der Waals surface area (Å²) in [6.07, 6.45) is 9.09. The van der Waals surface area contributed by atoms with Crippen LogP contribution in [-0.2, 0) is 29.4 Å². The molecule has 136 valence electrons. The molecule has 0 bridgehead atoms. The lowest BCUT2D eigenvalue weighted by Crippen LogP contribution is -2.36. The highest BCUT2D eigenvalue weighted by Crippen LogP contribution is 2.49. The number of rotatable bonds is 5. The van der Waals surface area contributed by atoms with E-state index in [0.717, 1.165) is 43.6 Å². The van der Waals surface area contributed by atoms with Crippen LogP contribution in [0.5, 0.6) is 0 Å². The molecule has 0 amide bonds. The van der Waals surface area contributed by atoms with E-state index in [2.05, 4.69) is 66.8 Å². The topological polar surface area (TPSA) is 33.0 Å². The predicted molar refractivity (Wildman–Crippen MR) is 108 cm³/mol. The molecule has 4 rings (SSSR count). The molecule has 2 heteroatoms. The molecule has 0 spiro atoms. The van der Waals surface area contributed by atoms with E-state index >= 15 is 0 Å². The number of fused-ring (bicyclic) bond motifs is 3. The Labute approximate surface area is 161 Å². The molecule has 2 aromatic carbocycles. The Hall–Kier alpha value is -2.79. The fourth-order valence-corrected chi connectivity index (χ4v) is 4.64. The molecule has 0 N–H and O–H groups in total. The number of hydrogen-bond donors (Lipinski definition) is 0. The van der Waals surface area contributed by atoms with Crippen LogP contribution in [-0.4, -0.2) is 6.61 Å². The van der Waals surface area contributed by atoms with Crippen molar-refractivity contribution in [3.05, 3.63) is 94.3 Å². The maximum absolute atomic E-state index is 9.05. The summed E-state index contributed by atoms with van der Waals surface area (Å²) < 4.78 is 5.85. The summed E-state index contributed by atoms with van der Waals surface area (Å²) in [6, 6.07) is 19.7. The summed E-state index contributed by atoms with van der Waals surface area (Å²) in [5, 5.41) is 9.05. The molecule has 0 saturated carbocycles. The SMILES string of the molecule is CCOC1=CC2=CCc3cc(CC#N)ccc3[C@]2(Cc2ccccc2)CC1. The van der Waals surface area contributed by atoms with Gasteiger partial charge in [-0.1, -0.05) is 54.6 Å². The van der Waals surface area contributed by atoms with Gasteiger partial charge in [0.1, 0.15) is 0 Å². The van der Waals surface area contributed by atoms with Crippen molar-refractivity contribution in [2.45, 2.75) is 44.4 Å². The van der Waals surface area contributed by atoms with E-state index in [0.29, 0.717) is 6.42 Å². The Morgan fingerprint density at radius 3 is 2.74 bits per heavy atom. The molecule has 0 heterocycles. The van der Waals surface area contributed by atoms with Crippen molar-refractivity contribution in [3.8, 4) is 6.07 Å². The monoisotopic (exact) mass is 355 g/mol. The number of benzene rings is 2. The summed E-state index contributed by atoms with van der Waals surface area (Å²) in [4.78, 5) is 0. The van der Waals surface area contributed by atoms with E-state index in [1.165, 1.54) is 22.3 Å². The molecule has 2 aliphatic rings. The Bertz CT molecular complexity index is 933. The zero-order chi connectivity index (χ0) is 18.7. The van der Waals surface area contributed by atoms with Crippen molar-refractivity contribution in [2.24, 2.45) is 0 Å². The fraction of sp³-hybridized carbons (Fsp3) is 0.320. The lowest BCUT2D eigenvalue weighted by Gasteiger charge is -2.43. The first-order chi connectivity index (χ1) is 13.2. The molecular formula is C25H25NO. The van der Waals surface area contributed by atoms with Gasteiger partial charge in [-0.25, -0.2) is 0 Å². The summed E-state index contributed by atoms with van der Waals surface area (Å²) in [5.74, 6) is 1.11. The molecule has 2 aliphatic carbocycles. The van der Waals surface area contributed by atoms with Gasteiger partial charge in [0.05, 0.1) is 24.9 Å². The van der Waals surface area contributed by atoms with E-state index in [-0.39, 0.29) is 5.41 Å². The molecule has 2 nitrogen and oxygen atoms in total. The highest BCUT2D eigenvalue weighted by Gasteiger charge is 2.41. The van der Waals surface area contributed by atoms with Crippen LogP contribution in [0.2, 0.25) is 0 Å². The van der Waals surface area contributed by atoms with Gasteiger partial charge in [-0.2, -0.15) is 5.26 Å². The Morgan fingerprint density at radius 2 is 1.96 bits per heavy atom. The van der Waals surface area contributed by atoms with Crippen LogP contribution < -0.4 is 0 Å². The maximum atomic E-state index is 9.05. The van der Waals surface area contributed by atoms with Crippen LogP contribution in [0.4, 0.5) is 0 Å². The van der Waals surface area contributed by atoms with Gasteiger partial charge in [-0.15, -0.1) is 0 Å². The normalized spacial score (nSPS) is 20.6. The molecule has 27 heavy (non-hydrogen) atoms. The Kier molecular flexibility index (Phi) is 4.86. The van der Waals surface area contributed by atoms with E-state index in [4.69, 9.17) is 10.00 Å². The summed E-state index contributed by atoms with van der Waals surface area (Å²) in [5.41, 5.74) is 6.67. The second kappa shape index (κ2) is 7.45. The molecule has 0 aliphatic heterocycles. The van der Waals surface area contributed by atoms with E-state index in [9.17, 15) is 0 Å². The lowest BCUT2D eigenvalue weighted by molar-refractivity contribution is 0.204. The van der Waals surface area contributed by atoms with E-state index in [1.807, 2.05) is 6.92 Å². The second-order valence-corrected chi connectivity index (χ2v) is 7.48. The van der Waals surface area contributed by atoms with Crippen LogP contribution >= 0.6 is 0 Å². The van der Waals surface area contributed by atoms with E-state index in [1.54, 1.807) is 0 Å². The van der Waals surface area contributed by atoms with Crippen LogP contribution in [0.15, 0.2) is 72.0 Å². The fourth-order valence-electron chi connectivity index (χ4n) is 4.64. The van der Waals surface area contributed by atoms with Gasteiger partial charge in [0.25, 0.3) is 0 Å². The van der Waals surface area contributed by atoms with Crippen LogP contribution in [0.1, 0.15) is 42.0 Å². The smallest absolute Gasteiger partial charge is 0.0962 e. The molecule has 1 atom stereocenters. The number of nitrogens with zero attached hydrogens (tertiary/aromatic N) is 1. The van der Waals surface area contributed by atoms with Gasteiger partial charge in [-0.05, 0) is 60.1 Å². The molecule has 0 unspecified atom stereocenters. The van der Waals surface area contributed by atoms with Gasteiger partial charge in [-0.3, -0.25) is 0 Å². The van der Waals surface area contributed by atoms with Gasteiger partial charge < -0.3 is 4.74 Å². The third-order valence-electron chi connectivity index (χ3n) is 5.86. The summed E-state index contributed by atoms with van der Waals surface area (Å²) >= 11 is 0. The van der Waals surface area contributed by atoms with Crippen molar-refractivity contribution in [1.82, 2.24) is 0 Å². The van der Waals surface area contributed by atoms with Crippen molar-refractivity contribution in [1.29, 1.82) is 5.26 Å². The van der Waals surface area contributed by atoms with Crippen molar-refractivity contribution in [2.75, 3.05) is 6.61 Å². The second-order valence-electron chi connectivity index (χ2n) is 7.48. The minimum Gasteiger partial charge on any atom is -0.498 e. The van der Waals surface area contributed by atoms with Crippen LogP contribution in [0, 0.1) is 11.3 Å². The van der Waals surface area contributed by atoms with Crippen LogP contribution in [0.25, 0.3) is 0 Å². The first-order valence-electron chi connectivity index (χ1n) is 9.82. The average molecular weight is 355 g/mol. The predicted octanol–water partition coefficient (Wildman–Crippen LogP) is 5.43. The van der Waals surface area contributed by atoms with Gasteiger partial charge in [0, 0.05) is 11.8 Å². The van der Waals surface area contributed by atoms with Gasteiger partial charge in [0.2, 0.25) is 0 Å². The lowest BCUT2D eigenvalue weighted by atomic mass is 9.61. The Morgan fingerprint density at radius 1 is 1.11 bits per heavy atom. The number of hydrogen-bond acceptors (Lipinski definition) is 2. The number of nitriles is 1. The van der Waals surface area contributed by atoms with Crippen molar-refractivity contribution < 1.29 is 4.74 Å². The standard InChI is InChI=1S/C25H25NO/c1-2-27-23-12-14-25(18-20-6-4-3-5-7-20)22(17-23)10-9-21-16-19(13-15-26)8-11-24(21)25/h3-8,10-11,16-17H,2,9,12-14,18H2,1H3/t25-/m0/s1. The third-order valence-corrected chi connectivity index (χ3v) is 5.86. The largest absolute Gasteiger partial charge is 0.498 e. The first-order valence-corrected chi connectivity index (χ1v) is 9.82. The molecule has 2 aromatic rings. The quantitative estimate of drug-likeness (QED) is 0.716. The minimum atomic E-state index is 0.000706. The van der Waals surface area contributed by atoms with Crippen molar-refractivity contribution >= 4 is 0 Å². The third kappa shape index (κ3) is 3.30. The molecular weight excluding hydrogens is 330 g/mol. The highest BCUT2D eigenvalue weighted by molar-refractivity contribution is 5.54.